The Morgan fingerprint density at radius 3 is 2.24 bits per heavy atom. The topological polar surface area (TPSA) is 173 Å². The largest absolute Gasteiger partial charge is 0.350 e. The van der Waals surface area contributed by atoms with Gasteiger partial charge in [-0.25, -0.2) is 36.3 Å². The first-order valence-electron chi connectivity index (χ1n) is 4.13. The minimum absolute atomic E-state index is 0.0178. The highest BCUT2D eigenvalue weighted by atomic mass is 32.1. The molecule has 0 bridgehead atoms. The quantitative estimate of drug-likeness (QED) is 0.190. The van der Waals surface area contributed by atoms with Gasteiger partial charge < -0.3 is 16.5 Å². The van der Waals surface area contributed by atoms with Crippen molar-refractivity contribution < 1.29 is 9.59 Å². The van der Waals surface area contributed by atoms with Gasteiger partial charge in [0.05, 0.1) is 0 Å². The molecule has 11 heteroatoms. The second kappa shape index (κ2) is 4.73. The molecule has 1 heterocycles. The van der Waals surface area contributed by atoms with Crippen LogP contribution in [0, 0.1) is 4.77 Å². The predicted octanol–water partition coefficient (Wildman–Crippen LogP) is -1.34. The third-order valence-electron chi connectivity index (χ3n) is 1.70. The predicted molar refractivity (Wildman–Crippen MR) is 61.9 cm³/mol. The van der Waals surface area contributed by atoms with E-state index in [1.807, 2.05) is 0 Å². The van der Waals surface area contributed by atoms with Crippen molar-refractivity contribution in [2.45, 2.75) is 0 Å². The van der Waals surface area contributed by atoms with Crippen LogP contribution in [-0.2, 0) is 0 Å². The minimum atomic E-state index is -0.952. The van der Waals surface area contributed by atoms with Gasteiger partial charge in [-0.1, -0.05) is 0 Å². The number of primary amides is 2. The van der Waals surface area contributed by atoms with Gasteiger partial charge in [0.2, 0.25) is 0 Å². The Hall–Kier alpha value is -2.24. The maximum absolute atomic E-state index is 10.8. The molecule has 0 saturated carbocycles. The van der Waals surface area contributed by atoms with E-state index >= 15 is 0 Å². The van der Waals surface area contributed by atoms with E-state index in [4.69, 9.17) is 35.4 Å². The van der Waals surface area contributed by atoms with Crippen molar-refractivity contribution in [1.82, 2.24) is 9.97 Å². The molecule has 0 aromatic carbocycles. The number of aromatic nitrogens is 2. The molecule has 0 saturated heterocycles. The first kappa shape index (κ1) is 12.8. The standard InChI is InChI=1S/C6H10N8O2S/c7-4(15)13(9)2-1-3(12-6(17)11-2)14(10)5(8)16/h1H,9-10H2,(H2,7,15)(H2,8,16)(H,11,12,17). The molecule has 1 aromatic heterocycles. The third-order valence-corrected chi connectivity index (χ3v) is 1.89. The van der Waals surface area contributed by atoms with E-state index in [-0.39, 0.29) is 16.4 Å². The van der Waals surface area contributed by atoms with Gasteiger partial charge in [-0.05, 0) is 12.2 Å². The summed E-state index contributed by atoms with van der Waals surface area (Å²) in [6, 6.07) is -0.701. The molecule has 0 fully saturated rings. The van der Waals surface area contributed by atoms with Crippen LogP contribution < -0.4 is 33.2 Å². The molecule has 92 valence electrons. The molecular weight excluding hydrogens is 248 g/mol. The molecule has 0 aliphatic carbocycles. The van der Waals surface area contributed by atoms with Crippen molar-refractivity contribution >= 4 is 35.9 Å². The smallest absolute Gasteiger partial charge is 0.335 e. The number of amides is 4. The number of rotatable bonds is 2. The monoisotopic (exact) mass is 258 g/mol. The maximum atomic E-state index is 10.8. The third kappa shape index (κ3) is 2.87. The first-order valence-corrected chi connectivity index (χ1v) is 4.53. The van der Waals surface area contributed by atoms with E-state index in [1.165, 1.54) is 6.07 Å². The lowest BCUT2D eigenvalue weighted by atomic mass is 10.5. The summed E-state index contributed by atoms with van der Waals surface area (Å²) < 4.78 is -0.0501. The Balaban J connectivity index is 3.24. The first-order chi connectivity index (χ1) is 7.82. The van der Waals surface area contributed by atoms with Crippen molar-refractivity contribution in [3.05, 3.63) is 10.8 Å². The maximum Gasteiger partial charge on any atom is 0.335 e. The molecule has 0 spiro atoms. The molecule has 10 nitrogen and oxygen atoms in total. The van der Waals surface area contributed by atoms with Gasteiger partial charge in [0, 0.05) is 6.07 Å². The number of carbonyl (C=O) groups is 2. The summed E-state index contributed by atoms with van der Waals surface area (Å²) in [7, 11) is 0. The van der Waals surface area contributed by atoms with Crippen LogP contribution in [-0.4, -0.2) is 22.0 Å². The van der Waals surface area contributed by atoms with Gasteiger partial charge in [-0.3, -0.25) is 0 Å². The van der Waals surface area contributed by atoms with Crippen LogP contribution in [0.3, 0.4) is 0 Å². The Labute approximate surface area is 100 Å². The Morgan fingerprint density at radius 1 is 1.24 bits per heavy atom. The zero-order valence-corrected chi connectivity index (χ0v) is 9.27. The lowest BCUT2D eigenvalue weighted by molar-refractivity contribution is 0.253. The highest BCUT2D eigenvalue weighted by molar-refractivity contribution is 7.71. The van der Waals surface area contributed by atoms with Gasteiger partial charge in [-0.15, -0.1) is 0 Å². The zero-order valence-electron chi connectivity index (χ0n) is 8.45. The number of hydrogen-bond acceptors (Lipinski definition) is 6. The SMILES string of the molecule is NC(=O)N(N)c1cc(N(N)C(N)=O)[nH]c(=S)n1. The number of aromatic amines is 1. The van der Waals surface area contributed by atoms with E-state index in [0.717, 1.165) is 0 Å². The van der Waals surface area contributed by atoms with Crippen LogP contribution in [0.15, 0.2) is 6.07 Å². The number of anilines is 2. The normalized spacial score (nSPS) is 9.76. The van der Waals surface area contributed by atoms with Gasteiger partial charge in [0.1, 0.15) is 5.82 Å². The number of urea groups is 2. The lowest BCUT2D eigenvalue weighted by Crippen LogP contribution is -2.44. The van der Waals surface area contributed by atoms with Gasteiger partial charge in [0.25, 0.3) is 0 Å². The number of nitrogens with one attached hydrogen (secondary N) is 1. The number of H-pyrrole nitrogens is 1. The molecule has 0 aliphatic rings. The number of carbonyl (C=O) groups excluding carboxylic acids is 2. The van der Waals surface area contributed by atoms with Crippen LogP contribution in [0.1, 0.15) is 0 Å². The van der Waals surface area contributed by atoms with Crippen LogP contribution in [0.4, 0.5) is 21.2 Å². The van der Waals surface area contributed by atoms with Crippen LogP contribution in [0.5, 0.6) is 0 Å². The van der Waals surface area contributed by atoms with Gasteiger partial charge >= 0.3 is 12.1 Å². The summed E-state index contributed by atoms with van der Waals surface area (Å²) >= 11 is 4.76. The zero-order chi connectivity index (χ0) is 13.2. The van der Waals surface area contributed by atoms with Crippen LogP contribution >= 0.6 is 12.2 Å². The Morgan fingerprint density at radius 2 is 1.76 bits per heavy atom. The number of nitrogens with two attached hydrogens (primary N) is 4. The van der Waals surface area contributed by atoms with E-state index < -0.39 is 12.1 Å². The summed E-state index contributed by atoms with van der Waals surface area (Å²) in [5.41, 5.74) is 9.90. The number of hydrazine groups is 2. The van der Waals surface area contributed by atoms with Crippen molar-refractivity contribution in [3.8, 4) is 0 Å². The molecule has 9 N–H and O–H groups in total. The summed E-state index contributed by atoms with van der Waals surface area (Å²) in [4.78, 5) is 27.9. The summed E-state index contributed by atoms with van der Waals surface area (Å²) in [6.07, 6.45) is 0. The molecule has 17 heavy (non-hydrogen) atoms. The molecule has 0 aliphatic heterocycles. The summed E-state index contributed by atoms with van der Waals surface area (Å²) in [5, 5.41) is 1.12. The Kier molecular flexibility index (Phi) is 3.57. The van der Waals surface area contributed by atoms with E-state index in [2.05, 4.69) is 9.97 Å². The van der Waals surface area contributed by atoms with E-state index in [1.54, 1.807) is 0 Å². The highest BCUT2D eigenvalue weighted by Crippen LogP contribution is 2.14. The highest BCUT2D eigenvalue weighted by Gasteiger charge is 2.14. The van der Waals surface area contributed by atoms with Gasteiger partial charge in [-0.2, -0.15) is 0 Å². The van der Waals surface area contributed by atoms with Crippen molar-refractivity contribution in [2.24, 2.45) is 23.2 Å². The number of nitrogens with zero attached hydrogens (tertiary/aromatic N) is 3. The molecule has 4 amide bonds. The van der Waals surface area contributed by atoms with E-state index in [9.17, 15) is 9.59 Å². The fourth-order valence-corrected chi connectivity index (χ4v) is 1.12. The van der Waals surface area contributed by atoms with Crippen molar-refractivity contribution in [3.63, 3.8) is 0 Å². The fourth-order valence-electron chi connectivity index (χ4n) is 0.917. The van der Waals surface area contributed by atoms with Crippen molar-refractivity contribution in [2.75, 3.05) is 10.0 Å². The average Bonchev–Trinajstić information content (AvgIpc) is 2.25. The second-order valence-corrected chi connectivity index (χ2v) is 3.23. The molecular formula is C6H10N8O2S. The van der Waals surface area contributed by atoms with Gasteiger partial charge in [0.15, 0.2) is 10.6 Å². The summed E-state index contributed by atoms with van der Waals surface area (Å²) in [6.45, 7) is 0. The molecule has 0 unspecified atom stereocenters. The lowest BCUT2D eigenvalue weighted by Gasteiger charge is -2.17. The average molecular weight is 258 g/mol. The Bertz CT molecular complexity index is 472. The molecule has 0 atom stereocenters. The van der Waals surface area contributed by atoms with Crippen LogP contribution in [0.2, 0.25) is 0 Å². The van der Waals surface area contributed by atoms with Crippen LogP contribution in [0.25, 0.3) is 0 Å². The fraction of sp³-hybridized carbons (Fsp3) is 0. The second-order valence-electron chi connectivity index (χ2n) is 2.85. The van der Waals surface area contributed by atoms with Crippen molar-refractivity contribution in [1.29, 1.82) is 0 Å². The molecule has 1 aromatic rings. The number of hydrogen-bond donors (Lipinski definition) is 5. The summed E-state index contributed by atoms with van der Waals surface area (Å²) in [5.74, 6) is 10.6. The molecule has 0 radical (unpaired) electrons. The minimum Gasteiger partial charge on any atom is -0.350 e. The molecule has 1 rings (SSSR count). The van der Waals surface area contributed by atoms with E-state index in [0.29, 0.717) is 10.0 Å².